The van der Waals surface area contributed by atoms with Gasteiger partial charge >= 0.3 is 5.97 Å². The number of carbonyl (C=O) groups is 3. The molecule has 6 nitrogen and oxygen atoms in total. The number of hydrogen-bond donors (Lipinski definition) is 2. The van der Waals surface area contributed by atoms with Crippen LogP contribution in [0.4, 0.5) is 8.78 Å². The molecule has 0 unspecified atom stereocenters. The van der Waals surface area contributed by atoms with Crippen LogP contribution in [0.25, 0.3) is 11.1 Å². The number of carboxylic acid groups (broad SMARTS) is 1. The Kier molecular flexibility index (Phi) is 8.19. The number of hydrogen-bond acceptors (Lipinski definition) is 3. The number of nitrogens with two attached hydrogens (primary N) is 1. The molecule has 3 aromatic rings. The van der Waals surface area contributed by atoms with Crippen LogP contribution in [0.5, 0.6) is 0 Å². The van der Waals surface area contributed by atoms with Gasteiger partial charge in [-0.05, 0) is 79.8 Å². The highest BCUT2D eigenvalue weighted by molar-refractivity contribution is 5.97. The van der Waals surface area contributed by atoms with Crippen molar-refractivity contribution in [3.05, 3.63) is 95.6 Å². The Bertz CT molecular complexity index is 1220. The van der Waals surface area contributed by atoms with Crippen molar-refractivity contribution in [3.8, 4) is 11.1 Å². The molecule has 0 aliphatic rings. The second kappa shape index (κ2) is 11.1. The number of primary amides is 1. The largest absolute Gasteiger partial charge is 0.480 e. The predicted octanol–water partition coefficient (Wildman–Crippen LogP) is 4.81. The lowest BCUT2D eigenvalue weighted by atomic mass is 9.89. The molecule has 0 saturated carbocycles. The fourth-order valence-electron chi connectivity index (χ4n) is 4.25. The lowest BCUT2D eigenvalue weighted by Gasteiger charge is -2.42. The number of nitrogens with zero attached hydrogens (tertiary/aromatic N) is 1. The smallest absolute Gasteiger partial charge is 0.326 e. The summed E-state index contributed by atoms with van der Waals surface area (Å²) in [6, 6.07) is 16.9. The molecule has 0 aliphatic heterocycles. The first kappa shape index (κ1) is 26.5. The second-order valence-corrected chi connectivity index (χ2v) is 9.23. The van der Waals surface area contributed by atoms with E-state index in [1.165, 1.54) is 29.2 Å². The number of amides is 2. The number of carbonyl (C=O) groups excluding carboxylic acids is 2. The molecule has 0 fully saturated rings. The Labute approximate surface area is 208 Å². The van der Waals surface area contributed by atoms with Crippen LogP contribution in [0.15, 0.2) is 72.8 Å². The van der Waals surface area contributed by atoms with Crippen LogP contribution < -0.4 is 5.73 Å². The summed E-state index contributed by atoms with van der Waals surface area (Å²) in [5, 5.41) is 10.0. The molecule has 0 saturated heterocycles. The van der Waals surface area contributed by atoms with Crippen molar-refractivity contribution in [2.75, 3.05) is 0 Å². The van der Waals surface area contributed by atoms with Crippen LogP contribution >= 0.6 is 0 Å². The second-order valence-electron chi connectivity index (χ2n) is 9.23. The number of carboxylic acids is 1. The zero-order chi connectivity index (χ0) is 26.5. The maximum atomic E-state index is 13.8. The monoisotopic (exact) mass is 494 g/mol. The van der Waals surface area contributed by atoms with Crippen molar-refractivity contribution >= 4 is 17.8 Å². The van der Waals surface area contributed by atoms with Gasteiger partial charge in [0.25, 0.3) is 5.91 Å². The molecule has 188 valence electrons. The minimum Gasteiger partial charge on any atom is -0.480 e. The van der Waals surface area contributed by atoms with E-state index in [1.54, 1.807) is 62.4 Å². The van der Waals surface area contributed by atoms with E-state index in [0.29, 0.717) is 5.56 Å². The van der Waals surface area contributed by atoms with Gasteiger partial charge in [-0.15, -0.1) is 0 Å². The molecular weight excluding hydrogens is 466 g/mol. The van der Waals surface area contributed by atoms with Crippen molar-refractivity contribution in [1.82, 2.24) is 4.90 Å². The molecule has 0 spiro atoms. The summed E-state index contributed by atoms with van der Waals surface area (Å²) in [6.07, 6.45) is -0.124. The summed E-state index contributed by atoms with van der Waals surface area (Å²) >= 11 is 0. The van der Waals surface area contributed by atoms with Crippen LogP contribution in [0, 0.1) is 11.6 Å². The van der Waals surface area contributed by atoms with Crippen molar-refractivity contribution < 1.29 is 28.3 Å². The van der Waals surface area contributed by atoms with Crippen molar-refractivity contribution in [2.45, 2.75) is 44.7 Å². The fourth-order valence-corrected chi connectivity index (χ4v) is 4.25. The molecule has 0 aromatic heterocycles. The summed E-state index contributed by atoms with van der Waals surface area (Å²) in [6.45, 7) is 3.45. The molecular formula is C28H28F2N2O4. The van der Waals surface area contributed by atoms with Gasteiger partial charge in [0.15, 0.2) is 0 Å². The first-order valence-corrected chi connectivity index (χ1v) is 11.4. The third-order valence-electron chi connectivity index (χ3n) is 5.99. The maximum absolute atomic E-state index is 13.8. The molecule has 0 radical (unpaired) electrons. The highest BCUT2D eigenvalue weighted by Crippen LogP contribution is 2.29. The highest BCUT2D eigenvalue weighted by Gasteiger charge is 2.40. The zero-order valence-electron chi connectivity index (χ0n) is 20.1. The molecule has 3 aromatic carbocycles. The van der Waals surface area contributed by atoms with Gasteiger partial charge in [0.2, 0.25) is 5.91 Å². The third-order valence-corrected chi connectivity index (χ3v) is 5.99. The Balaban J connectivity index is 1.98. The van der Waals surface area contributed by atoms with Crippen molar-refractivity contribution in [2.24, 2.45) is 5.73 Å². The first-order valence-electron chi connectivity index (χ1n) is 11.4. The minimum absolute atomic E-state index is 0.156. The lowest BCUT2D eigenvalue weighted by Crippen LogP contribution is -2.57. The standard InChI is InChI=1S/C28H28F2N2O4/c1-28(2,17-18-3-11-22(29)12-4-18)32(24(27(35)36)15-16-25(31)33)26(34)21-7-5-19(6-8-21)20-9-13-23(30)14-10-20/h3-14,24H,15-17H2,1-2H3,(H2,31,33)(H,35,36)/t24-/m0/s1. The summed E-state index contributed by atoms with van der Waals surface area (Å²) in [4.78, 5) is 38.7. The molecule has 8 heteroatoms. The Morgan fingerprint density at radius 2 is 1.33 bits per heavy atom. The van der Waals surface area contributed by atoms with Gasteiger partial charge in [-0.3, -0.25) is 9.59 Å². The Morgan fingerprint density at radius 3 is 1.81 bits per heavy atom. The third kappa shape index (κ3) is 6.53. The normalized spacial score (nSPS) is 12.1. The predicted molar refractivity (Wildman–Crippen MR) is 132 cm³/mol. The quantitative estimate of drug-likeness (QED) is 0.422. The van der Waals surface area contributed by atoms with E-state index in [-0.39, 0.29) is 30.6 Å². The topological polar surface area (TPSA) is 101 Å². The van der Waals surface area contributed by atoms with Gasteiger partial charge in [-0.25, -0.2) is 13.6 Å². The average molecular weight is 495 g/mol. The molecule has 0 aliphatic carbocycles. The molecule has 3 N–H and O–H groups in total. The van der Waals surface area contributed by atoms with Crippen LogP contribution in [-0.4, -0.2) is 39.4 Å². The fraction of sp³-hybridized carbons (Fsp3) is 0.250. The molecule has 0 heterocycles. The first-order chi connectivity index (χ1) is 17.0. The number of benzene rings is 3. The van der Waals surface area contributed by atoms with E-state index in [9.17, 15) is 28.3 Å². The van der Waals surface area contributed by atoms with Crippen LogP contribution in [0.1, 0.15) is 42.6 Å². The van der Waals surface area contributed by atoms with Crippen molar-refractivity contribution in [1.29, 1.82) is 0 Å². The molecule has 1 atom stereocenters. The maximum Gasteiger partial charge on any atom is 0.326 e. The highest BCUT2D eigenvalue weighted by atomic mass is 19.1. The zero-order valence-corrected chi connectivity index (χ0v) is 20.1. The van der Waals surface area contributed by atoms with E-state index in [2.05, 4.69) is 0 Å². The van der Waals surface area contributed by atoms with E-state index < -0.39 is 35.2 Å². The van der Waals surface area contributed by atoms with E-state index in [4.69, 9.17) is 5.73 Å². The molecule has 36 heavy (non-hydrogen) atoms. The minimum atomic E-state index is -1.32. The Morgan fingerprint density at radius 1 is 0.861 bits per heavy atom. The van der Waals surface area contributed by atoms with Gasteiger partial charge in [-0.1, -0.05) is 36.4 Å². The van der Waals surface area contributed by atoms with Gasteiger partial charge < -0.3 is 15.7 Å². The summed E-state index contributed by atoms with van der Waals surface area (Å²) in [7, 11) is 0. The summed E-state index contributed by atoms with van der Waals surface area (Å²) < 4.78 is 26.7. The lowest BCUT2D eigenvalue weighted by molar-refractivity contribution is -0.144. The SMILES string of the molecule is CC(C)(Cc1ccc(F)cc1)N(C(=O)c1ccc(-c2ccc(F)cc2)cc1)[C@@H](CCC(N)=O)C(=O)O. The van der Waals surface area contributed by atoms with Gasteiger partial charge in [0.1, 0.15) is 17.7 Å². The molecule has 2 amide bonds. The van der Waals surface area contributed by atoms with Gasteiger partial charge in [0, 0.05) is 17.5 Å². The van der Waals surface area contributed by atoms with Crippen molar-refractivity contribution in [3.63, 3.8) is 0 Å². The van der Waals surface area contributed by atoms with Crippen LogP contribution in [0.2, 0.25) is 0 Å². The number of halogens is 2. The molecule has 0 bridgehead atoms. The van der Waals surface area contributed by atoms with Gasteiger partial charge in [-0.2, -0.15) is 0 Å². The van der Waals surface area contributed by atoms with Crippen LogP contribution in [-0.2, 0) is 16.0 Å². The van der Waals surface area contributed by atoms with Crippen LogP contribution in [0.3, 0.4) is 0 Å². The summed E-state index contributed by atoms with van der Waals surface area (Å²) in [5.74, 6) is -3.24. The number of aliphatic carboxylic acids is 1. The molecule has 3 rings (SSSR count). The Hall–Kier alpha value is -4.07. The average Bonchev–Trinajstić information content (AvgIpc) is 2.83. The van der Waals surface area contributed by atoms with E-state index >= 15 is 0 Å². The number of rotatable bonds is 10. The van der Waals surface area contributed by atoms with E-state index in [1.807, 2.05) is 0 Å². The van der Waals surface area contributed by atoms with Gasteiger partial charge in [0.05, 0.1) is 0 Å². The van der Waals surface area contributed by atoms with E-state index in [0.717, 1.165) is 11.1 Å². The summed E-state index contributed by atoms with van der Waals surface area (Å²) in [5.41, 5.74) is 6.72.